The number of rotatable bonds is 6. The standard InChI is InChI=1S/C24BF20.C12H9F3N/c26-5-1(6(27)14(35)21(42)13(5)34)25(2-7(28)15(36)22(43)16(37)8(2)29,3-9(30)17(38)23(44)18(39)10(3)31)4-11(32)19(40)24(45)20(41)12(4)33;13-10(12(14)15)8-16-7-3-5-9-4-1-2-6-11(9)16/h;1-7H,8H2/q-1;+1. The quantitative estimate of drug-likeness (QED) is 0.0517. The number of fused-ring (bicyclic) bond motifs is 1. The second kappa shape index (κ2) is 16.6. The lowest BCUT2D eigenvalue weighted by Crippen LogP contribution is -2.81. The maximum atomic E-state index is 15.4. The lowest BCUT2D eigenvalue weighted by atomic mass is 9.12. The Bertz CT molecular complexity index is 2430. The molecule has 0 fully saturated rings. The molecule has 0 saturated heterocycles. The first kappa shape index (κ1) is 45.8. The van der Waals surface area contributed by atoms with Crippen LogP contribution in [0.5, 0.6) is 0 Å². The fourth-order valence-electron chi connectivity index (χ4n) is 6.44. The Balaban J connectivity index is 0.000000366. The number of hydrogen-bond donors (Lipinski definition) is 0. The summed E-state index contributed by atoms with van der Waals surface area (Å²) in [5.41, 5.74) is -13.6. The summed E-state index contributed by atoms with van der Waals surface area (Å²) in [7, 11) is 0. The van der Waals surface area contributed by atoms with Gasteiger partial charge in [-0.15, -0.1) is 21.9 Å². The largest absolute Gasteiger partial charge is 0.308 e. The van der Waals surface area contributed by atoms with Crippen molar-refractivity contribution in [3.63, 3.8) is 0 Å². The molecule has 0 amide bonds. The van der Waals surface area contributed by atoms with Gasteiger partial charge in [0.05, 0.1) is 0 Å². The van der Waals surface area contributed by atoms with Crippen LogP contribution in [0.3, 0.4) is 0 Å². The molecule has 0 atom stereocenters. The van der Waals surface area contributed by atoms with Gasteiger partial charge in [-0.05, 0) is 12.1 Å². The van der Waals surface area contributed by atoms with Crippen molar-refractivity contribution in [2.45, 2.75) is 6.54 Å². The molecule has 0 radical (unpaired) electrons. The maximum absolute atomic E-state index is 15.4. The van der Waals surface area contributed by atoms with E-state index in [-0.39, 0.29) is 0 Å². The zero-order valence-corrected chi connectivity index (χ0v) is 28.5. The molecule has 5 aromatic carbocycles. The molecule has 0 N–H and O–H groups in total. The first-order valence-corrected chi connectivity index (χ1v) is 15.7. The van der Waals surface area contributed by atoms with Gasteiger partial charge in [0.25, 0.3) is 0 Å². The fourth-order valence-corrected chi connectivity index (χ4v) is 6.44. The van der Waals surface area contributed by atoms with E-state index in [1.807, 2.05) is 18.2 Å². The highest BCUT2D eigenvalue weighted by Crippen LogP contribution is 2.31. The summed E-state index contributed by atoms with van der Waals surface area (Å²) in [5.74, 6) is -72.8. The molecule has 6 aromatic rings. The minimum Gasteiger partial charge on any atom is -0.207 e. The predicted molar refractivity (Wildman–Crippen MR) is 164 cm³/mol. The van der Waals surface area contributed by atoms with Crippen LogP contribution in [0.15, 0.2) is 54.5 Å². The number of pyridine rings is 1. The number of benzene rings is 5. The van der Waals surface area contributed by atoms with Crippen LogP contribution in [0.25, 0.3) is 10.9 Å². The highest BCUT2D eigenvalue weighted by Gasteiger charge is 2.52. The molecule has 1 nitrogen and oxygen atoms in total. The van der Waals surface area contributed by atoms with Crippen LogP contribution in [0.1, 0.15) is 0 Å². The summed E-state index contributed by atoms with van der Waals surface area (Å²) >= 11 is 0. The van der Waals surface area contributed by atoms with Crippen molar-refractivity contribution in [3.05, 3.63) is 171 Å². The normalized spacial score (nSPS) is 11.6. The average Bonchev–Trinajstić information content (AvgIpc) is 3.23. The summed E-state index contributed by atoms with van der Waals surface area (Å²) in [6.45, 7) is -0.441. The monoisotopic (exact) mass is 903 g/mol. The van der Waals surface area contributed by atoms with Crippen molar-refractivity contribution in [2.75, 3.05) is 0 Å². The molecule has 0 unspecified atom stereocenters. The third kappa shape index (κ3) is 7.05. The van der Waals surface area contributed by atoms with E-state index < -0.39 is 163 Å². The van der Waals surface area contributed by atoms with Gasteiger partial charge in [0.15, 0.2) is 76.0 Å². The Morgan fingerprint density at radius 3 is 0.869 bits per heavy atom. The first-order valence-electron chi connectivity index (χ1n) is 15.7. The Labute approximate surface area is 322 Å². The maximum Gasteiger partial charge on any atom is 0.308 e. The summed E-state index contributed by atoms with van der Waals surface area (Å²) in [6, 6.07) is 10.8. The number of hydrogen-bond acceptors (Lipinski definition) is 0. The van der Waals surface area contributed by atoms with Crippen LogP contribution < -0.4 is 26.4 Å². The Morgan fingerprint density at radius 1 is 0.344 bits per heavy atom. The number of allylic oxidation sites excluding steroid dienone is 1. The van der Waals surface area contributed by atoms with Gasteiger partial charge in [0.2, 0.25) is 17.9 Å². The summed E-state index contributed by atoms with van der Waals surface area (Å²) in [4.78, 5) is 0. The molecule has 0 spiro atoms. The zero-order chi connectivity index (χ0) is 45.9. The summed E-state index contributed by atoms with van der Waals surface area (Å²) < 4.78 is 332. The van der Waals surface area contributed by atoms with Crippen molar-refractivity contribution in [2.24, 2.45) is 0 Å². The zero-order valence-electron chi connectivity index (χ0n) is 28.5. The van der Waals surface area contributed by atoms with Gasteiger partial charge in [-0.25, -0.2) is 87.8 Å². The van der Waals surface area contributed by atoms with Crippen molar-refractivity contribution >= 4 is 38.9 Å². The van der Waals surface area contributed by atoms with Gasteiger partial charge in [-0.3, -0.25) is 0 Å². The van der Waals surface area contributed by atoms with Crippen molar-refractivity contribution in [1.82, 2.24) is 0 Å². The smallest absolute Gasteiger partial charge is 0.207 e. The fraction of sp³-hybridized carbons (Fsp3) is 0.0278. The third-order valence-corrected chi connectivity index (χ3v) is 9.01. The lowest BCUT2D eigenvalue weighted by Gasteiger charge is -2.44. The molecule has 0 aliphatic carbocycles. The van der Waals surface area contributed by atoms with Gasteiger partial charge >= 0.3 is 6.08 Å². The lowest BCUT2D eigenvalue weighted by molar-refractivity contribution is -0.665. The molecule has 25 heteroatoms. The number of nitrogens with zero attached hydrogens (tertiary/aromatic N) is 1. The second-order valence-electron chi connectivity index (χ2n) is 12.2. The topological polar surface area (TPSA) is 3.88 Å². The summed E-state index contributed by atoms with van der Waals surface area (Å²) in [5, 5.41) is 0.886. The Morgan fingerprint density at radius 2 is 0.590 bits per heavy atom. The van der Waals surface area contributed by atoms with Crippen LogP contribution >= 0.6 is 0 Å². The number of aromatic nitrogens is 1. The van der Waals surface area contributed by atoms with Crippen molar-refractivity contribution < 1.29 is 106 Å². The molecule has 0 aliphatic heterocycles. The molecule has 1 aromatic heterocycles. The first-order chi connectivity index (χ1) is 28.4. The van der Waals surface area contributed by atoms with Gasteiger partial charge in [0, 0.05) is 17.5 Å². The van der Waals surface area contributed by atoms with Gasteiger partial charge in [0.1, 0.15) is 52.7 Å². The molecule has 1 heterocycles. The third-order valence-electron chi connectivity index (χ3n) is 9.01. The minimum absolute atomic E-state index is 0.441. The van der Waals surface area contributed by atoms with Crippen LogP contribution in [0.2, 0.25) is 0 Å². The van der Waals surface area contributed by atoms with Gasteiger partial charge in [-0.2, -0.15) is 17.7 Å². The molecule has 322 valence electrons. The predicted octanol–water partition coefficient (Wildman–Crippen LogP) is 9.05. The van der Waals surface area contributed by atoms with E-state index in [1.54, 1.807) is 24.4 Å². The molecule has 0 bridgehead atoms. The van der Waals surface area contributed by atoms with E-state index in [2.05, 4.69) is 0 Å². The Hall–Kier alpha value is -6.30. The van der Waals surface area contributed by atoms with E-state index in [9.17, 15) is 65.9 Å². The highest BCUT2D eigenvalue weighted by atomic mass is 19.3. The van der Waals surface area contributed by atoms with Crippen LogP contribution in [-0.2, 0) is 6.54 Å². The van der Waals surface area contributed by atoms with Gasteiger partial charge < -0.3 is 0 Å². The van der Waals surface area contributed by atoms with Crippen LogP contribution in [-0.4, -0.2) is 6.15 Å². The molecule has 6 rings (SSSR count). The van der Waals surface area contributed by atoms with E-state index in [0.29, 0.717) is 0 Å². The van der Waals surface area contributed by atoms with E-state index in [1.165, 1.54) is 4.57 Å². The molecule has 0 saturated carbocycles. The molecular weight excluding hydrogens is 894 g/mol. The Kier molecular flexibility index (Phi) is 12.5. The number of para-hydroxylation sites is 1. The minimum atomic E-state index is -7.22. The number of halogens is 23. The molecular formula is C36H9BF23N. The second-order valence-corrected chi connectivity index (χ2v) is 12.2. The SMILES string of the molecule is FC(F)=C(F)C[n+]1cccc2ccccc21.Fc1c(F)c(F)c([B-](c2c(F)c(F)c(F)c(F)c2F)(c2c(F)c(F)c(F)c(F)c2F)c2c(F)c(F)c(F)c(F)c2F)c(F)c1F. The summed E-state index contributed by atoms with van der Waals surface area (Å²) in [6.07, 6.45) is -7.91. The van der Waals surface area contributed by atoms with E-state index in [4.69, 9.17) is 0 Å². The van der Waals surface area contributed by atoms with Crippen LogP contribution in [0, 0.1) is 116 Å². The van der Waals surface area contributed by atoms with Gasteiger partial charge in [-0.1, -0.05) is 12.1 Å². The molecule has 61 heavy (non-hydrogen) atoms. The van der Waals surface area contributed by atoms with Crippen molar-refractivity contribution in [1.29, 1.82) is 0 Å². The molecule has 0 aliphatic rings. The van der Waals surface area contributed by atoms with E-state index in [0.717, 1.165) is 10.9 Å². The van der Waals surface area contributed by atoms with E-state index >= 15 is 35.1 Å². The van der Waals surface area contributed by atoms with Crippen LogP contribution in [0.4, 0.5) is 101 Å². The van der Waals surface area contributed by atoms with Crippen molar-refractivity contribution in [3.8, 4) is 0 Å². The highest BCUT2D eigenvalue weighted by molar-refractivity contribution is 7.20. The average molecular weight is 903 g/mol.